The molecule has 0 bridgehead atoms. The van der Waals surface area contributed by atoms with E-state index in [1.165, 1.54) is 11.3 Å². The van der Waals surface area contributed by atoms with Gasteiger partial charge in [0.1, 0.15) is 0 Å². The minimum absolute atomic E-state index is 0. The molecule has 0 aliphatic rings. The summed E-state index contributed by atoms with van der Waals surface area (Å²) in [6, 6.07) is 9.99. The van der Waals surface area contributed by atoms with Gasteiger partial charge in [0.15, 0.2) is 0 Å². The highest BCUT2D eigenvalue weighted by atomic mass is 35.5. The second-order valence-electron chi connectivity index (χ2n) is 3.76. The fraction of sp³-hybridized carbons (Fsp3) is 0.308. The Morgan fingerprint density at radius 2 is 2.06 bits per heavy atom. The van der Waals surface area contributed by atoms with Crippen molar-refractivity contribution in [1.82, 2.24) is 10.6 Å². The van der Waals surface area contributed by atoms with E-state index >= 15 is 0 Å². The average Bonchev–Trinajstić information content (AvgIpc) is 2.78. The fourth-order valence-corrected chi connectivity index (χ4v) is 2.60. The Balaban J connectivity index is 0.00000162. The van der Waals surface area contributed by atoms with Crippen LogP contribution in [-0.2, 0) is 0 Å². The van der Waals surface area contributed by atoms with E-state index in [0.29, 0.717) is 6.54 Å². The number of rotatable bonds is 5. The highest BCUT2D eigenvalue weighted by molar-refractivity contribution is 7.20. The van der Waals surface area contributed by atoms with Gasteiger partial charge in [-0.3, -0.25) is 4.79 Å². The number of halogens is 1. The topological polar surface area (TPSA) is 41.1 Å². The zero-order chi connectivity index (χ0) is 12.1. The van der Waals surface area contributed by atoms with Crippen molar-refractivity contribution in [3.63, 3.8) is 0 Å². The van der Waals surface area contributed by atoms with E-state index in [1.807, 2.05) is 37.3 Å². The molecule has 0 fully saturated rings. The van der Waals surface area contributed by atoms with Crippen LogP contribution in [0.15, 0.2) is 30.3 Å². The number of benzene rings is 1. The van der Waals surface area contributed by atoms with Crippen LogP contribution in [0.2, 0.25) is 0 Å². The van der Waals surface area contributed by atoms with Crippen LogP contribution in [0.25, 0.3) is 10.1 Å². The van der Waals surface area contributed by atoms with Crippen molar-refractivity contribution >= 4 is 39.7 Å². The monoisotopic (exact) mass is 284 g/mol. The Morgan fingerprint density at radius 1 is 1.28 bits per heavy atom. The fourth-order valence-electron chi connectivity index (χ4n) is 1.62. The lowest BCUT2D eigenvalue weighted by molar-refractivity contribution is 0.0958. The molecule has 2 rings (SSSR count). The molecule has 98 valence electrons. The minimum Gasteiger partial charge on any atom is -0.350 e. The highest BCUT2D eigenvalue weighted by Gasteiger charge is 2.08. The molecule has 0 aliphatic heterocycles. The van der Waals surface area contributed by atoms with Crippen molar-refractivity contribution in [2.24, 2.45) is 0 Å². The van der Waals surface area contributed by atoms with Gasteiger partial charge in [-0.25, -0.2) is 0 Å². The largest absolute Gasteiger partial charge is 0.350 e. The Labute approximate surface area is 117 Å². The third-order valence-electron chi connectivity index (χ3n) is 2.49. The van der Waals surface area contributed by atoms with Gasteiger partial charge in [-0.15, -0.1) is 23.7 Å². The molecule has 0 spiro atoms. The Bertz CT molecular complexity index is 479. The smallest absolute Gasteiger partial charge is 0.261 e. The summed E-state index contributed by atoms with van der Waals surface area (Å²) in [6.45, 7) is 4.46. The summed E-state index contributed by atoms with van der Waals surface area (Å²) in [5.41, 5.74) is 0. The molecule has 3 nitrogen and oxygen atoms in total. The van der Waals surface area contributed by atoms with Crippen molar-refractivity contribution < 1.29 is 4.79 Å². The van der Waals surface area contributed by atoms with Gasteiger partial charge in [-0.2, -0.15) is 0 Å². The molecule has 0 saturated carbocycles. The molecule has 1 aromatic heterocycles. The molecule has 1 aromatic carbocycles. The van der Waals surface area contributed by atoms with Gasteiger partial charge in [0, 0.05) is 17.8 Å². The number of thiophene rings is 1. The van der Waals surface area contributed by atoms with E-state index in [4.69, 9.17) is 0 Å². The maximum Gasteiger partial charge on any atom is 0.261 e. The van der Waals surface area contributed by atoms with Crippen LogP contribution in [0.3, 0.4) is 0 Å². The summed E-state index contributed by atoms with van der Waals surface area (Å²) in [5, 5.41) is 7.21. The van der Waals surface area contributed by atoms with Gasteiger partial charge in [-0.1, -0.05) is 25.1 Å². The third kappa shape index (κ3) is 3.70. The van der Waals surface area contributed by atoms with Gasteiger partial charge < -0.3 is 10.6 Å². The SMILES string of the molecule is CCNCCNC(=O)c1cc2ccccc2s1.Cl. The molecule has 0 unspecified atom stereocenters. The first-order valence-electron chi connectivity index (χ1n) is 5.78. The lowest BCUT2D eigenvalue weighted by Gasteiger charge is -2.03. The first kappa shape index (κ1) is 15.0. The van der Waals surface area contributed by atoms with E-state index < -0.39 is 0 Å². The predicted molar refractivity (Wildman–Crippen MR) is 79.9 cm³/mol. The summed E-state index contributed by atoms with van der Waals surface area (Å²) >= 11 is 1.54. The first-order valence-corrected chi connectivity index (χ1v) is 6.60. The van der Waals surface area contributed by atoms with Crippen molar-refractivity contribution in [3.8, 4) is 0 Å². The van der Waals surface area contributed by atoms with Crippen LogP contribution in [-0.4, -0.2) is 25.5 Å². The molecule has 0 aliphatic carbocycles. The molecule has 18 heavy (non-hydrogen) atoms. The standard InChI is InChI=1S/C13H16N2OS.ClH/c1-2-14-7-8-15-13(16)12-9-10-5-3-4-6-11(10)17-12;/h3-6,9,14H,2,7-8H2,1H3,(H,15,16);1H. The summed E-state index contributed by atoms with van der Waals surface area (Å²) in [5.74, 6) is 0.0177. The average molecular weight is 285 g/mol. The van der Waals surface area contributed by atoms with Gasteiger partial charge in [-0.05, 0) is 24.1 Å². The van der Waals surface area contributed by atoms with Crippen molar-refractivity contribution in [1.29, 1.82) is 0 Å². The second-order valence-corrected chi connectivity index (χ2v) is 4.84. The molecule has 2 aromatic rings. The number of hydrogen-bond donors (Lipinski definition) is 2. The van der Waals surface area contributed by atoms with E-state index in [2.05, 4.69) is 10.6 Å². The molecule has 1 heterocycles. The molecular formula is C13H17ClN2OS. The van der Waals surface area contributed by atoms with E-state index in [0.717, 1.165) is 28.1 Å². The van der Waals surface area contributed by atoms with Crippen LogP contribution in [0.5, 0.6) is 0 Å². The van der Waals surface area contributed by atoms with Gasteiger partial charge in [0.05, 0.1) is 4.88 Å². The minimum atomic E-state index is 0. The van der Waals surface area contributed by atoms with Crippen molar-refractivity contribution in [2.45, 2.75) is 6.92 Å². The van der Waals surface area contributed by atoms with E-state index in [1.54, 1.807) is 0 Å². The Morgan fingerprint density at radius 3 is 2.78 bits per heavy atom. The first-order chi connectivity index (χ1) is 8.31. The van der Waals surface area contributed by atoms with Crippen LogP contribution < -0.4 is 10.6 Å². The molecule has 2 N–H and O–H groups in total. The summed E-state index contributed by atoms with van der Waals surface area (Å²) in [4.78, 5) is 12.6. The number of amides is 1. The Hall–Kier alpha value is -1.10. The maximum absolute atomic E-state index is 11.8. The highest BCUT2D eigenvalue weighted by Crippen LogP contribution is 2.24. The zero-order valence-electron chi connectivity index (χ0n) is 10.2. The molecule has 0 radical (unpaired) electrons. The number of likely N-dealkylation sites (N-methyl/N-ethyl adjacent to an activating group) is 1. The molecule has 1 amide bonds. The van der Waals surface area contributed by atoms with Crippen LogP contribution in [0, 0.1) is 0 Å². The van der Waals surface area contributed by atoms with Crippen LogP contribution >= 0.6 is 23.7 Å². The summed E-state index contributed by atoms with van der Waals surface area (Å²) in [6.07, 6.45) is 0. The third-order valence-corrected chi connectivity index (χ3v) is 3.60. The Kier molecular flexibility index (Phi) is 6.12. The summed E-state index contributed by atoms with van der Waals surface area (Å²) < 4.78 is 1.16. The quantitative estimate of drug-likeness (QED) is 0.829. The zero-order valence-corrected chi connectivity index (χ0v) is 11.9. The molecule has 5 heteroatoms. The van der Waals surface area contributed by atoms with Gasteiger partial charge in [0.2, 0.25) is 0 Å². The van der Waals surface area contributed by atoms with E-state index in [9.17, 15) is 4.79 Å². The molecule has 0 atom stereocenters. The predicted octanol–water partition coefficient (Wildman–Crippen LogP) is 2.66. The van der Waals surface area contributed by atoms with Crippen molar-refractivity contribution in [3.05, 3.63) is 35.2 Å². The van der Waals surface area contributed by atoms with Gasteiger partial charge in [0.25, 0.3) is 5.91 Å². The van der Waals surface area contributed by atoms with Crippen molar-refractivity contribution in [2.75, 3.05) is 19.6 Å². The normalized spacial score (nSPS) is 10.1. The number of hydrogen-bond acceptors (Lipinski definition) is 3. The number of nitrogens with one attached hydrogen (secondary N) is 2. The molecular weight excluding hydrogens is 268 g/mol. The lowest BCUT2D eigenvalue weighted by Crippen LogP contribution is -2.31. The maximum atomic E-state index is 11.8. The second kappa shape index (κ2) is 7.36. The van der Waals surface area contributed by atoms with Crippen LogP contribution in [0.1, 0.15) is 16.6 Å². The van der Waals surface area contributed by atoms with Crippen LogP contribution in [0.4, 0.5) is 0 Å². The van der Waals surface area contributed by atoms with Gasteiger partial charge >= 0.3 is 0 Å². The van der Waals surface area contributed by atoms with E-state index in [-0.39, 0.29) is 18.3 Å². The lowest BCUT2D eigenvalue weighted by atomic mass is 10.2. The number of fused-ring (bicyclic) bond motifs is 1. The molecule has 0 saturated heterocycles. The number of carbonyl (C=O) groups excluding carboxylic acids is 1. The number of carbonyl (C=O) groups is 1. The summed E-state index contributed by atoms with van der Waals surface area (Å²) in [7, 11) is 0.